The maximum absolute atomic E-state index is 11.1. The quantitative estimate of drug-likeness (QED) is 0.0431. The molecule has 0 radical (unpaired) electrons. The van der Waals surface area contributed by atoms with Crippen molar-refractivity contribution in [2.45, 2.75) is 218 Å². The molecule has 0 aromatic heterocycles. The molecule has 1 heterocycles. The number of unbranched alkanes of at least 4 members (excludes halogenated alkanes) is 18. The van der Waals surface area contributed by atoms with Crippen molar-refractivity contribution in [3.05, 3.63) is 53.5 Å². The van der Waals surface area contributed by atoms with Gasteiger partial charge in [0.25, 0.3) is 0 Å². The van der Waals surface area contributed by atoms with Gasteiger partial charge in [0.1, 0.15) is 0 Å². The van der Waals surface area contributed by atoms with Crippen molar-refractivity contribution in [3.63, 3.8) is 0 Å². The molecule has 0 N–H and O–H groups in total. The Morgan fingerprint density at radius 1 is 0.500 bits per heavy atom. The monoisotopic (exact) mass is 640 g/mol. The van der Waals surface area contributed by atoms with Crippen LogP contribution in [-0.4, -0.2) is 24.0 Å². The van der Waals surface area contributed by atoms with E-state index in [1.165, 1.54) is 141 Å². The summed E-state index contributed by atoms with van der Waals surface area (Å²) >= 11 is 0. The topological polar surface area (TPSA) is 47.9 Å². The van der Waals surface area contributed by atoms with Gasteiger partial charge in [0.2, 0.25) is 0 Å². The molecule has 4 heteroatoms. The Hall–Kier alpha value is -1.52. The molecule has 1 aliphatic heterocycles. The molecule has 0 spiro atoms. The summed E-state index contributed by atoms with van der Waals surface area (Å²) in [5.74, 6) is -0.423. The molecule has 0 aromatic rings. The lowest BCUT2D eigenvalue weighted by Gasteiger charge is -2.29. The third-order valence-electron chi connectivity index (χ3n) is 9.82. The smallest absolute Gasteiger partial charge is 0.169 e. The number of rotatable bonds is 31. The van der Waals surface area contributed by atoms with Crippen LogP contribution in [0.25, 0.3) is 0 Å². The molecule has 2 fully saturated rings. The maximum atomic E-state index is 11.1. The van der Waals surface area contributed by atoms with E-state index in [0.29, 0.717) is 0 Å². The molecule has 1 saturated heterocycles. The molecule has 264 valence electrons. The highest BCUT2D eigenvalue weighted by atomic mass is 16.8. The van der Waals surface area contributed by atoms with Gasteiger partial charge >= 0.3 is 0 Å². The van der Waals surface area contributed by atoms with Crippen LogP contribution < -0.4 is 0 Å². The minimum absolute atomic E-state index is 0.0666. The molecule has 2 rings (SSSR count). The third-order valence-corrected chi connectivity index (χ3v) is 9.82. The number of fused-ring (bicyclic) bond motifs is 1. The molecule has 2 aliphatic rings. The summed E-state index contributed by atoms with van der Waals surface area (Å²) in [5, 5.41) is 3.29. The van der Waals surface area contributed by atoms with Gasteiger partial charge in [0.05, 0.1) is 18.2 Å². The zero-order valence-corrected chi connectivity index (χ0v) is 30.3. The molecular weight excluding hydrogens is 566 g/mol. The summed E-state index contributed by atoms with van der Waals surface area (Å²) < 4.78 is 13.2. The highest BCUT2D eigenvalue weighted by Crippen LogP contribution is 2.44. The highest BCUT2D eigenvalue weighted by Gasteiger charge is 2.51. The number of ether oxygens (including phenoxy) is 2. The van der Waals surface area contributed by atoms with Crippen LogP contribution >= 0.6 is 0 Å². The van der Waals surface area contributed by atoms with Crippen LogP contribution in [0.1, 0.15) is 194 Å². The van der Waals surface area contributed by atoms with E-state index in [0.717, 1.165) is 38.5 Å². The Morgan fingerprint density at radius 3 is 1.22 bits per heavy atom. The van der Waals surface area contributed by atoms with E-state index >= 15 is 0 Å². The van der Waals surface area contributed by atoms with Crippen molar-refractivity contribution in [1.29, 1.82) is 0 Å². The first-order valence-corrected chi connectivity index (χ1v) is 20.0. The van der Waals surface area contributed by atoms with Crippen LogP contribution in [0.3, 0.4) is 0 Å². The van der Waals surface area contributed by atoms with Gasteiger partial charge in [0, 0.05) is 25.7 Å². The van der Waals surface area contributed by atoms with Crippen LogP contribution in [0, 0.1) is 4.91 Å². The van der Waals surface area contributed by atoms with E-state index in [9.17, 15) is 4.91 Å². The number of nitroso groups, excluding NO2 is 1. The SMILES string of the molecule is CCCCC/C=C\C/C=C\CCCCCCCCC1(CCCCCCCC/C=C\C/C=C\CCCCC)O[C@H]2CC(N=O)C[C@H]2O1. The van der Waals surface area contributed by atoms with Gasteiger partial charge in [-0.1, -0.05) is 145 Å². The fourth-order valence-corrected chi connectivity index (χ4v) is 6.98. The largest absolute Gasteiger partial charge is 0.344 e. The van der Waals surface area contributed by atoms with Crippen LogP contribution in [0.15, 0.2) is 53.8 Å². The minimum Gasteiger partial charge on any atom is -0.344 e. The summed E-state index contributed by atoms with van der Waals surface area (Å²) in [5.41, 5.74) is 0. The summed E-state index contributed by atoms with van der Waals surface area (Å²) in [6.45, 7) is 4.52. The van der Waals surface area contributed by atoms with Gasteiger partial charge < -0.3 is 9.47 Å². The van der Waals surface area contributed by atoms with Crippen molar-refractivity contribution in [1.82, 2.24) is 0 Å². The molecule has 0 aromatic carbocycles. The van der Waals surface area contributed by atoms with E-state index < -0.39 is 5.79 Å². The Morgan fingerprint density at radius 2 is 0.848 bits per heavy atom. The average molecular weight is 640 g/mol. The Labute approximate surface area is 285 Å². The predicted octanol–water partition coefficient (Wildman–Crippen LogP) is 13.8. The highest BCUT2D eigenvalue weighted by molar-refractivity contribution is 4.97. The van der Waals surface area contributed by atoms with Crippen molar-refractivity contribution >= 4 is 0 Å². The predicted molar refractivity (Wildman–Crippen MR) is 199 cm³/mol. The van der Waals surface area contributed by atoms with E-state index in [1.54, 1.807) is 0 Å². The van der Waals surface area contributed by atoms with Gasteiger partial charge in [-0.25, -0.2) is 0 Å². The van der Waals surface area contributed by atoms with Gasteiger partial charge in [-0.3, -0.25) is 0 Å². The molecule has 1 unspecified atom stereocenters. The normalized spacial score (nSPS) is 21.1. The van der Waals surface area contributed by atoms with Crippen LogP contribution in [0.4, 0.5) is 0 Å². The Bertz CT molecular complexity index is 767. The minimum atomic E-state index is -0.423. The molecule has 0 amide bonds. The van der Waals surface area contributed by atoms with Crippen molar-refractivity contribution in [3.8, 4) is 0 Å². The zero-order chi connectivity index (χ0) is 32.8. The van der Waals surface area contributed by atoms with Crippen LogP contribution in [-0.2, 0) is 9.47 Å². The van der Waals surface area contributed by atoms with E-state index in [2.05, 4.69) is 67.6 Å². The zero-order valence-electron chi connectivity index (χ0n) is 30.3. The second kappa shape index (κ2) is 28.5. The van der Waals surface area contributed by atoms with E-state index in [-0.39, 0.29) is 18.2 Å². The van der Waals surface area contributed by atoms with Gasteiger partial charge in [-0.2, -0.15) is 4.91 Å². The first-order chi connectivity index (χ1) is 22.7. The third kappa shape index (κ3) is 20.0. The standard InChI is InChI=1S/C42H73NO3/c1-3-5-7-9-11-13-15-17-19-21-23-25-27-29-31-33-35-42(45-40-37-39(43-44)38-41(40)46-42)36-34-32-30-28-26-24-22-20-18-16-14-12-10-8-6-4-2/h11-14,17-20,39-41H,3-10,15-16,21-38H2,1-2H3/b13-11-,14-12-,19-17-,20-18-/t39?,40-,41+. The van der Waals surface area contributed by atoms with Crippen molar-refractivity contribution < 1.29 is 9.47 Å². The summed E-state index contributed by atoms with van der Waals surface area (Å²) in [4.78, 5) is 11.1. The van der Waals surface area contributed by atoms with E-state index in [1.807, 2.05) is 0 Å². The lowest BCUT2D eigenvalue weighted by molar-refractivity contribution is -0.191. The fourth-order valence-electron chi connectivity index (χ4n) is 6.98. The number of hydrogen-bond acceptors (Lipinski definition) is 4. The van der Waals surface area contributed by atoms with Crippen LogP contribution in [0.5, 0.6) is 0 Å². The van der Waals surface area contributed by atoms with Gasteiger partial charge in [-0.15, -0.1) is 0 Å². The molecule has 1 aliphatic carbocycles. The van der Waals surface area contributed by atoms with Crippen molar-refractivity contribution in [2.24, 2.45) is 5.18 Å². The number of hydrogen-bond donors (Lipinski definition) is 0. The lowest BCUT2D eigenvalue weighted by atomic mass is 9.98. The van der Waals surface area contributed by atoms with Crippen LogP contribution in [0.2, 0.25) is 0 Å². The van der Waals surface area contributed by atoms with Gasteiger partial charge in [-0.05, 0) is 77.0 Å². The fraction of sp³-hybridized carbons (Fsp3) is 0.810. The molecule has 1 saturated carbocycles. The summed E-state index contributed by atoms with van der Waals surface area (Å²) in [6, 6.07) is -0.128. The maximum Gasteiger partial charge on any atom is 0.169 e. The molecule has 46 heavy (non-hydrogen) atoms. The second-order valence-corrected chi connectivity index (χ2v) is 14.1. The van der Waals surface area contributed by atoms with Crippen molar-refractivity contribution in [2.75, 3.05) is 0 Å². The average Bonchev–Trinajstić information content (AvgIpc) is 3.60. The lowest BCUT2D eigenvalue weighted by Crippen LogP contribution is -2.32. The Balaban J connectivity index is 1.52. The molecule has 3 atom stereocenters. The molecule has 0 bridgehead atoms. The molecular formula is C42H73NO3. The van der Waals surface area contributed by atoms with Gasteiger partial charge in [0.15, 0.2) is 5.79 Å². The number of nitrogens with zero attached hydrogens (tertiary/aromatic N) is 1. The summed E-state index contributed by atoms with van der Waals surface area (Å²) in [6.07, 6.45) is 52.7. The first kappa shape index (κ1) is 40.7. The summed E-state index contributed by atoms with van der Waals surface area (Å²) in [7, 11) is 0. The van der Waals surface area contributed by atoms with E-state index in [4.69, 9.17) is 9.47 Å². The Kier molecular flexibility index (Phi) is 25.2. The first-order valence-electron chi connectivity index (χ1n) is 20.0. The number of allylic oxidation sites excluding steroid dienone is 8. The molecule has 4 nitrogen and oxygen atoms in total. The second-order valence-electron chi connectivity index (χ2n) is 14.1.